The van der Waals surface area contributed by atoms with E-state index in [1.807, 2.05) is 0 Å². The Bertz CT molecular complexity index is 1760. The lowest BCUT2D eigenvalue weighted by atomic mass is 10.1. The molecule has 0 spiro atoms. The maximum atomic E-state index is 15.7. The number of hydrogen-bond acceptors (Lipinski definition) is 8. The number of pyridine rings is 1. The van der Waals surface area contributed by atoms with E-state index < -0.39 is 40.8 Å². The van der Waals surface area contributed by atoms with Gasteiger partial charge in [0.2, 0.25) is 11.3 Å². The van der Waals surface area contributed by atoms with Crippen LogP contribution in [0, 0.1) is 17.6 Å². The zero-order valence-electron chi connectivity index (χ0n) is 24.7. The number of nitrogens with one attached hydrogen (secondary N) is 1. The molecule has 3 fully saturated rings. The zero-order chi connectivity index (χ0) is 32.0. The lowest BCUT2D eigenvalue weighted by Crippen LogP contribution is -2.33. The number of carboxylic acids is 1. The molecule has 2 aromatic carbocycles. The molecule has 0 radical (unpaired) electrons. The van der Waals surface area contributed by atoms with Gasteiger partial charge in [0.15, 0.2) is 23.1 Å². The number of carbonyl (C=O) groups is 3. The van der Waals surface area contributed by atoms with Crippen molar-refractivity contribution < 1.29 is 42.5 Å². The lowest BCUT2D eigenvalue weighted by molar-refractivity contribution is -0.119. The number of benzene rings is 2. The summed E-state index contributed by atoms with van der Waals surface area (Å²) in [4.78, 5) is 51.2. The molecule has 2 amide bonds. The van der Waals surface area contributed by atoms with E-state index in [0.29, 0.717) is 30.7 Å². The molecule has 2 saturated heterocycles. The minimum Gasteiger partial charge on any atom is -0.492 e. The maximum Gasteiger partial charge on any atom is 0.414 e. The summed E-state index contributed by atoms with van der Waals surface area (Å²) in [7, 11) is 1.39. The van der Waals surface area contributed by atoms with Crippen molar-refractivity contribution in [3.8, 4) is 11.5 Å². The number of carbonyl (C=O) groups excluding carboxylic acids is 2. The number of halogens is 2. The summed E-state index contributed by atoms with van der Waals surface area (Å²) in [6, 6.07) is 5.23. The smallest absolute Gasteiger partial charge is 0.414 e. The zero-order valence-corrected chi connectivity index (χ0v) is 24.7. The van der Waals surface area contributed by atoms with E-state index in [4.69, 9.17) is 14.2 Å². The molecule has 3 aromatic rings. The molecule has 0 bridgehead atoms. The Morgan fingerprint density at radius 1 is 1.11 bits per heavy atom. The highest BCUT2D eigenvalue weighted by Gasteiger charge is 2.35. The van der Waals surface area contributed by atoms with Crippen LogP contribution in [0.3, 0.4) is 0 Å². The van der Waals surface area contributed by atoms with Crippen molar-refractivity contribution in [2.45, 2.75) is 38.3 Å². The molecule has 1 aromatic heterocycles. The van der Waals surface area contributed by atoms with Gasteiger partial charge < -0.3 is 34.1 Å². The standard InChI is InChI=1S/C31H32F2N4O8/c1-16(38)34-11-20-13-37(31(42)45-20)19-5-6-25(23(32)9-19)44-15-17-7-8-35(12-17)27-24(33)10-21-26(29(27)43-2)36(18-3-4-18)14-22(28(21)39)30(40)41/h5-6,9-10,14,17-18,20H,3-4,7-8,11-13,15H2,1-2H3,(H,34,38)(H,40,41)/t17?,20-/m0/s1. The molecule has 2 aliphatic heterocycles. The lowest BCUT2D eigenvalue weighted by Gasteiger charge is -2.25. The summed E-state index contributed by atoms with van der Waals surface area (Å²) in [6.07, 6.45) is 2.33. The van der Waals surface area contributed by atoms with E-state index in [2.05, 4.69) is 5.32 Å². The average Bonchev–Trinajstić information content (AvgIpc) is 3.62. The van der Waals surface area contributed by atoms with Crippen molar-refractivity contribution in [2.24, 2.45) is 5.92 Å². The number of nitrogens with zero attached hydrogens (tertiary/aromatic N) is 3. The molecule has 1 aliphatic carbocycles. The molecular weight excluding hydrogens is 594 g/mol. The Labute approximate surface area is 256 Å². The van der Waals surface area contributed by atoms with Gasteiger partial charge in [0.25, 0.3) is 0 Å². The molecule has 1 unspecified atom stereocenters. The van der Waals surface area contributed by atoms with Crippen molar-refractivity contribution in [3.05, 3.63) is 57.9 Å². The number of ether oxygens (including phenoxy) is 3. The fourth-order valence-electron chi connectivity index (χ4n) is 5.97. The summed E-state index contributed by atoms with van der Waals surface area (Å²) in [5.41, 5.74) is -0.369. The second-order valence-electron chi connectivity index (χ2n) is 11.5. The van der Waals surface area contributed by atoms with E-state index in [9.17, 15) is 24.3 Å². The highest BCUT2D eigenvalue weighted by atomic mass is 19.1. The van der Waals surface area contributed by atoms with E-state index in [-0.39, 0.29) is 60.1 Å². The van der Waals surface area contributed by atoms with Gasteiger partial charge in [0, 0.05) is 44.2 Å². The summed E-state index contributed by atoms with van der Waals surface area (Å²) in [5, 5.41) is 12.1. The van der Waals surface area contributed by atoms with Crippen molar-refractivity contribution >= 4 is 40.2 Å². The van der Waals surface area contributed by atoms with Crippen molar-refractivity contribution in [1.82, 2.24) is 9.88 Å². The van der Waals surface area contributed by atoms with Crippen LogP contribution in [0.1, 0.15) is 42.6 Å². The number of cyclic esters (lactones) is 1. The predicted molar refractivity (Wildman–Crippen MR) is 158 cm³/mol. The van der Waals surface area contributed by atoms with Crippen molar-refractivity contribution in [3.63, 3.8) is 0 Å². The molecular formula is C31H32F2N4O8. The fraction of sp³-hybridized carbons (Fsp3) is 0.419. The minimum absolute atomic E-state index is 0.00304. The summed E-state index contributed by atoms with van der Waals surface area (Å²) < 4.78 is 49.1. The Morgan fingerprint density at radius 2 is 1.89 bits per heavy atom. The van der Waals surface area contributed by atoms with Gasteiger partial charge in [-0.3, -0.25) is 14.5 Å². The number of methoxy groups -OCH3 is 1. The normalized spacial score (nSPS) is 19.6. The fourth-order valence-corrected chi connectivity index (χ4v) is 5.97. The van der Waals surface area contributed by atoms with E-state index in [0.717, 1.165) is 18.9 Å². The summed E-state index contributed by atoms with van der Waals surface area (Å²) in [6.45, 7) is 2.63. The maximum absolute atomic E-state index is 15.7. The van der Waals surface area contributed by atoms with Crippen LogP contribution in [0.2, 0.25) is 0 Å². The Kier molecular flexibility index (Phi) is 7.97. The third-order valence-corrected chi connectivity index (χ3v) is 8.33. The van der Waals surface area contributed by atoms with Crippen LogP contribution in [0.4, 0.5) is 25.0 Å². The van der Waals surface area contributed by atoms with Gasteiger partial charge in [-0.25, -0.2) is 18.4 Å². The van der Waals surface area contributed by atoms with Crippen LogP contribution >= 0.6 is 0 Å². The van der Waals surface area contributed by atoms with Crippen molar-refractivity contribution in [2.75, 3.05) is 49.7 Å². The molecule has 3 heterocycles. The molecule has 14 heteroatoms. The van der Waals surface area contributed by atoms with Gasteiger partial charge in [-0.1, -0.05) is 0 Å². The largest absolute Gasteiger partial charge is 0.492 e. The first-order valence-electron chi connectivity index (χ1n) is 14.6. The Morgan fingerprint density at radius 3 is 2.56 bits per heavy atom. The first-order chi connectivity index (χ1) is 21.5. The molecule has 1 saturated carbocycles. The number of anilines is 2. The van der Waals surface area contributed by atoms with E-state index in [1.165, 1.54) is 37.3 Å². The second-order valence-corrected chi connectivity index (χ2v) is 11.5. The molecule has 2 N–H and O–H groups in total. The number of aromatic carboxylic acids is 1. The van der Waals surface area contributed by atoms with Gasteiger partial charge in [-0.05, 0) is 37.5 Å². The van der Waals surface area contributed by atoms with Gasteiger partial charge in [-0.15, -0.1) is 0 Å². The number of aromatic nitrogens is 1. The minimum atomic E-state index is -1.38. The van der Waals surface area contributed by atoms with Gasteiger partial charge in [0.05, 0.1) is 43.4 Å². The predicted octanol–water partition coefficient (Wildman–Crippen LogP) is 3.69. The first-order valence-corrected chi connectivity index (χ1v) is 14.6. The van der Waals surface area contributed by atoms with Crippen LogP contribution in [-0.2, 0) is 9.53 Å². The van der Waals surface area contributed by atoms with E-state index >= 15 is 8.78 Å². The third-order valence-electron chi connectivity index (χ3n) is 8.33. The van der Waals surface area contributed by atoms with Crippen LogP contribution in [0.5, 0.6) is 11.5 Å². The molecule has 6 rings (SSSR count). The second kappa shape index (κ2) is 11.9. The van der Waals surface area contributed by atoms with Crippen LogP contribution in [-0.4, -0.2) is 73.6 Å². The quantitative estimate of drug-likeness (QED) is 0.345. The molecule has 2 atom stereocenters. The van der Waals surface area contributed by atoms with E-state index in [1.54, 1.807) is 15.5 Å². The summed E-state index contributed by atoms with van der Waals surface area (Å²) in [5.74, 6) is -2.93. The van der Waals surface area contributed by atoms with Crippen LogP contribution in [0.25, 0.3) is 10.9 Å². The molecule has 45 heavy (non-hydrogen) atoms. The summed E-state index contributed by atoms with van der Waals surface area (Å²) >= 11 is 0. The number of rotatable bonds is 10. The number of carboxylic acid groups (broad SMARTS) is 1. The van der Waals surface area contributed by atoms with Gasteiger partial charge in [0.1, 0.15) is 17.4 Å². The highest BCUT2D eigenvalue weighted by Crippen LogP contribution is 2.44. The monoisotopic (exact) mass is 626 g/mol. The van der Waals surface area contributed by atoms with Crippen molar-refractivity contribution in [1.29, 1.82) is 0 Å². The number of fused-ring (bicyclic) bond motifs is 1. The van der Waals surface area contributed by atoms with Gasteiger partial charge in [-0.2, -0.15) is 0 Å². The van der Waals surface area contributed by atoms with Crippen LogP contribution < -0.4 is 30.0 Å². The topological polar surface area (TPSA) is 140 Å². The molecule has 12 nitrogen and oxygen atoms in total. The highest BCUT2D eigenvalue weighted by molar-refractivity contribution is 5.97. The van der Waals surface area contributed by atoms with Gasteiger partial charge >= 0.3 is 12.1 Å². The number of amides is 2. The first kappa shape index (κ1) is 30.2. The molecule has 3 aliphatic rings. The Hall–Kier alpha value is -4.88. The molecule has 238 valence electrons. The van der Waals surface area contributed by atoms with Crippen LogP contribution in [0.15, 0.2) is 35.3 Å². The Balaban J connectivity index is 1.16. The third kappa shape index (κ3) is 5.83. The average molecular weight is 627 g/mol. The number of hydrogen-bond donors (Lipinski definition) is 2. The SMILES string of the molecule is COc1c(N2CCC(COc3ccc(N4C[C@H](CNC(C)=O)OC4=O)cc3F)C2)c(F)cc2c(=O)c(C(=O)O)cn(C3CC3)c12.